The molecule has 1 aliphatic heterocycles. The van der Waals surface area contributed by atoms with Crippen LogP contribution in [0.4, 0.5) is 4.39 Å². The number of nitrogens with two attached hydrogens (primary N) is 1. The molecule has 0 saturated carbocycles. The molecule has 1 unspecified atom stereocenters. The van der Waals surface area contributed by atoms with Crippen LogP contribution >= 0.6 is 11.6 Å². The summed E-state index contributed by atoms with van der Waals surface area (Å²) in [7, 11) is 1.62. The first-order valence-corrected chi connectivity index (χ1v) is 8.17. The van der Waals surface area contributed by atoms with Crippen molar-refractivity contribution in [2.45, 2.75) is 12.5 Å². The van der Waals surface area contributed by atoms with Crippen LogP contribution in [-0.2, 0) is 7.05 Å². The Hall–Kier alpha value is -2.51. The third-order valence-electron chi connectivity index (χ3n) is 4.20. The smallest absolute Gasteiger partial charge is 0.208 e. The molecule has 25 heavy (non-hydrogen) atoms. The molecule has 0 fully saturated rings. The maximum absolute atomic E-state index is 14.6. The van der Waals surface area contributed by atoms with Gasteiger partial charge in [-0.1, -0.05) is 23.7 Å². The molecule has 1 atom stereocenters. The largest absolute Gasteiger partial charge is 0.493 e. The monoisotopic (exact) mass is 359 g/mol. The van der Waals surface area contributed by atoms with Gasteiger partial charge in [-0.25, -0.2) is 4.39 Å². The lowest BCUT2D eigenvalue weighted by Crippen LogP contribution is -2.20. The Bertz CT molecular complexity index is 958. The maximum Gasteiger partial charge on any atom is 0.208 e. The maximum atomic E-state index is 14.6. The van der Waals surface area contributed by atoms with E-state index in [4.69, 9.17) is 22.1 Å². The van der Waals surface area contributed by atoms with E-state index in [0.717, 1.165) is 17.5 Å². The van der Waals surface area contributed by atoms with Crippen LogP contribution in [0.1, 0.15) is 18.0 Å². The number of tetrazole rings is 1. The van der Waals surface area contributed by atoms with E-state index >= 15 is 0 Å². The van der Waals surface area contributed by atoms with Crippen molar-refractivity contribution in [3.63, 3.8) is 0 Å². The Morgan fingerprint density at radius 1 is 1.32 bits per heavy atom. The summed E-state index contributed by atoms with van der Waals surface area (Å²) in [4.78, 5) is 1.28. The Labute approximate surface area is 148 Å². The van der Waals surface area contributed by atoms with Gasteiger partial charge in [-0.3, -0.25) is 0 Å². The highest BCUT2D eigenvalue weighted by atomic mass is 35.5. The van der Waals surface area contributed by atoms with E-state index in [0.29, 0.717) is 17.9 Å². The number of ether oxygens (including phenoxy) is 1. The summed E-state index contributed by atoms with van der Waals surface area (Å²) in [6, 6.07) is 8.48. The summed E-state index contributed by atoms with van der Waals surface area (Å²) in [5.74, 6) is 0.391. The Morgan fingerprint density at radius 3 is 2.92 bits per heavy atom. The second-order valence-electron chi connectivity index (χ2n) is 5.91. The van der Waals surface area contributed by atoms with Crippen molar-refractivity contribution >= 4 is 11.6 Å². The van der Waals surface area contributed by atoms with Crippen molar-refractivity contribution in [2.24, 2.45) is 12.8 Å². The third kappa shape index (κ3) is 2.85. The molecule has 0 spiro atoms. The third-order valence-corrected chi connectivity index (χ3v) is 4.42. The molecule has 0 bridgehead atoms. The standard InChI is InChI=1S/C17H15ClFN5O/c1-24-22-17(21-23-24)16-12(7-10(18)8-13(16)19)9-2-3-11-14(20)4-5-25-15(11)6-9/h2-3,6-8,14H,4-5,20H2,1H3. The lowest BCUT2D eigenvalue weighted by molar-refractivity contribution is 0.269. The van der Waals surface area contributed by atoms with E-state index in [2.05, 4.69) is 15.4 Å². The highest BCUT2D eigenvalue weighted by Gasteiger charge is 2.22. The first-order chi connectivity index (χ1) is 12.0. The molecular formula is C17H15ClFN5O. The fourth-order valence-corrected chi connectivity index (χ4v) is 3.20. The Kier molecular flexibility index (Phi) is 3.89. The van der Waals surface area contributed by atoms with Crippen LogP contribution in [0.25, 0.3) is 22.5 Å². The molecule has 1 aliphatic rings. The second-order valence-corrected chi connectivity index (χ2v) is 6.35. The first-order valence-electron chi connectivity index (χ1n) is 7.79. The van der Waals surface area contributed by atoms with Gasteiger partial charge in [0.1, 0.15) is 11.6 Å². The number of fused-ring (bicyclic) bond motifs is 1. The van der Waals surface area contributed by atoms with Gasteiger partial charge in [0.2, 0.25) is 5.82 Å². The van der Waals surface area contributed by atoms with E-state index < -0.39 is 5.82 Å². The molecule has 8 heteroatoms. The van der Waals surface area contributed by atoms with Crippen LogP contribution in [0.5, 0.6) is 5.75 Å². The van der Waals surface area contributed by atoms with Gasteiger partial charge in [-0.2, -0.15) is 4.80 Å². The summed E-state index contributed by atoms with van der Waals surface area (Å²) in [5, 5.41) is 12.1. The molecule has 0 radical (unpaired) electrons. The number of aryl methyl sites for hydroxylation is 1. The van der Waals surface area contributed by atoms with Gasteiger partial charge >= 0.3 is 0 Å². The summed E-state index contributed by atoms with van der Waals surface area (Å²) in [5.41, 5.74) is 8.62. The fourth-order valence-electron chi connectivity index (χ4n) is 3.00. The minimum Gasteiger partial charge on any atom is -0.493 e. The van der Waals surface area contributed by atoms with Gasteiger partial charge in [0.15, 0.2) is 0 Å². The normalized spacial score (nSPS) is 16.4. The molecule has 6 nitrogen and oxygen atoms in total. The topological polar surface area (TPSA) is 78.8 Å². The zero-order valence-corrected chi connectivity index (χ0v) is 14.2. The van der Waals surface area contributed by atoms with Crippen molar-refractivity contribution in [2.75, 3.05) is 6.61 Å². The van der Waals surface area contributed by atoms with Crippen LogP contribution in [0, 0.1) is 5.82 Å². The van der Waals surface area contributed by atoms with Crippen LogP contribution in [0.2, 0.25) is 5.02 Å². The van der Waals surface area contributed by atoms with Gasteiger partial charge < -0.3 is 10.5 Å². The zero-order chi connectivity index (χ0) is 17.6. The van der Waals surface area contributed by atoms with E-state index in [1.807, 2.05) is 18.2 Å². The Balaban J connectivity index is 1.91. The molecule has 3 aromatic rings. The van der Waals surface area contributed by atoms with Gasteiger partial charge in [0, 0.05) is 23.0 Å². The number of nitrogens with zero attached hydrogens (tertiary/aromatic N) is 4. The zero-order valence-electron chi connectivity index (χ0n) is 13.4. The number of halogens is 2. The van der Waals surface area contributed by atoms with Crippen molar-refractivity contribution in [3.05, 3.63) is 46.7 Å². The summed E-state index contributed by atoms with van der Waals surface area (Å²) in [6.07, 6.45) is 0.771. The predicted octanol–water partition coefficient (Wildman–Crippen LogP) is 3.12. The van der Waals surface area contributed by atoms with Crippen molar-refractivity contribution in [1.82, 2.24) is 20.2 Å². The molecular weight excluding hydrogens is 345 g/mol. The molecule has 2 N–H and O–H groups in total. The quantitative estimate of drug-likeness (QED) is 0.760. The first kappa shape index (κ1) is 16.0. The molecule has 1 aromatic heterocycles. The van der Waals surface area contributed by atoms with Crippen LogP contribution in [-0.4, -0.2) is 26.8 Å². The molecule has 2 heterocycles. The van der Waals surface area contributed by atoms with Gasteiger partial charge in [0.25, 0.3) is 0 Å². The number of aromatic nitrogens is 4. The van der Waals surface area contributed by atoms with Gasteiger partial charge in [-0.05, 0) is 34.5 Å². The van der Waals surface area contributed by atoms with Crippen molar-refractivity contribution in [3.8, 4) is 28.3 Å². The number of hydrogen-bond acceptors (Lipinski definition) is 5. The van der Waals surface area contributed by atoms with Crippen molar-refractivity contribution < 1.29 is 9.13 Å². The number of rotatable bonds is 2. The fraction of sp³-hybridized carbons (Fsp3) is 0.235. The van der Waals surface area contributed by atoms with E-state index in [1.54, 1.807) is 13.1 Å². The average molecular weight is 360 g/mol. The Morgan fingerprint density at radius 2 is 2.16 bits per heavy atom. The minimum atomic E-state index is -0.508. The summed E-state index contributed by atoms with van der Waals surface area (Å²) >= 11 is 6.08. The second kappa shape index (κ2) is 6.09. The van der Waals surface area contributed by atoms with Gasteiger partial charge in [-0.15, -0.1) is 10.2 Å². The van der Waals surface area contributed by atoms with E-state index in [1.165, 1.54) is 10.9 Å². The van der Waals surface area contributed by atoms with Crippen LogP contribution < -0.4 is 10.5 Å². The summed E-state index contributed by atoms with van der Waals surface area (Å²) in [6.45, 7) is 0.556. The number of hydrogen-bond donors (Lipinski definition) is 1. The molecule has 0 aliphatic carbocycles. The molecule has 0 saturated heterocycles. The molecule has 0 amide bonds. The van der Waals surface area contributed by atoms with Crippen molar-refractivity contribution in [1.29, 1.82) is 0 Å². The minimum absolute atomic E-state index is 0.0602. The molecule has 128 valence electrons. The highest BCUT2D eigenvalue weighted by Crippen LogP contribution is 2.39. The highest BCUT2D eigenvalue weighted by molar-refractivity contribution is 6.31. The lowest BCUT2D eigenvalue weighted by atomic mass is 9.94. The molecule has 2 aromatic carbocycles. The summed E-state index contributed by atoms with van der Waals surface area (Å²) < 4.78 is 20.4. The van der Waals surface area contributed by atoms with Crippen LogP contribution in [0.3, 0.4) is 0 Å². The SMILES string of the molecule is Cn1nnc(-c2c(F)cc(Cl)cc2-c2ccc3c(c2)OCCC3N)n1. The lowest BCUT2D eigenvalue weighted by Gasteiger charge is -2.23. The van der Waals surface area contributed by atoms with Gasteiger partial charge in [0.05, 0.1) is 19.2 Å². The average Bonchev–Trinajstić information content (AvgIpc) is 3.00. The van der Waals surface area contributed by atoms with Crippen LogP contribution in [0.15, 0.2) is 30.3 Å². The van der Waals surface area contributed by atoms with E-state index in [-0.39, 0.29) is 22.5 Å². The molecule has 4 rings (SSSR count). The predicted molar refractivity (Wildman–Crippen MR) is 91.7 cm³/mol. The van der Waals surface area contributed by atoms with E-state index in [9.17, 15) is 4.39 Å². The number of benzene rings is 2.